The van der Waals surface area contributed by atoms with E-state index in [1.165, 1.54) is 17.5 Å². The summed E-state index contributed by atoms with van der Waals surface area (Å²) < 4.78 is 0. The van der Waals surface area contributed by atoms with Crippen molar-refractivity contribution in [2.24, 2.45) is 11.8 Å². The van der Waals surface area contributed by atoms with E-state index in [2.05, 4.69) is 31.3 Å². The Kier molecular flexibility index (Phi) is 7.11. The van der Waals surface area contributed by atoms with Gasteiger partial charge in [-0.05, 0) is 55.8 Å². The number of hydrogen-bond acceptors (Lipinski definition) is 3. The zero-order valence-electron chi connectivity index (χ0n) is 17.6. The fourth-order valence-electron chi connectivity index (χ4n) is 4.47. The van der Waals surface area contributed by atoms with Gasteiger partial charge in [0.25, 0.3) is 0 Å². The molecule has 2 aliphatic heterocycles. The summed E-state index contributed by atoms with van der Waals surface area (Å²) in [5.74, 6) is 1.23. The molecule has 2 heterocycles. The van der Waals surface area contributed by atoms with E-state index in [1.54, 1.807) is 0 Å². The smallest absolute Gasteiger partial charge is 0.245 e. The molecule has 2 aliphatic rings. The lowest BCUT2D eigenvalue weighted by atomic mass is 9.90. The van der Waals surface area contributed by atoms with Crippen molar-refractivity contribution in [1.82, 2.24) is 15.1 Å². The molecule has 0 aromatic heterocycles. The highest BCUT2D eigenvalue weighted by molar-refractivity contribution is 5.88. The van der Waals surface area contributed by atoms with Gasteiger partial charge in [0.05, 0.1) is 0 Å². The largest absolute Gasteiger partial charge is 0.341 e. The minimum absolute atomic E-state index is 0.103. The summed E-state index contributed by atoms with van der Waals surface area (Å²) in [6, 6.07) is 7.87. The zero-order chi connectivity index (χ0) is 20.1. The van der Waals surface area contributed by atoms with Crippen LogP contribution in [0, 0.1) is 11.8 Å². The van der Waals surface area contributed by atoms with E-state index < -0.39 is 0 Å². The Morgan fingerprint density at radius 1 is 1.14 bits per heavy atom. The van der Waals surface area contributed by atoms with Gasteiger partial charge >= 0.3 is 0 Å². The van der Waals surface area contributed by atoms with Gasteiger partial charge in [0.1, 0.15) is 6.04 Å². The molecule has 0 radical (unpaired) electrons. The molecule has 1 fully saturated rings. The van der Waals surface area contributed by atoms with Crippen LogP contribution in [0.4, 0.5) is 0 Å². The Balaban J connectivity index is 1.71. The molecular formula is C23H35N3O2. The maximum Gasteiger partial charge on any atom is 0.245 e. The van der Waals surface area contributed by atoms with Crippen LogP contribution in [-0.2, 0) is 22.6 Å². The van der Waals surface area contributed by atoms with Crippen molar-refractivity contribution in [1.29, 1.82) is 0 Å². The third-order valence-electron chi connectivity index (χ3n) is 6.17. The third-order valence-corrected chi connectivity index (χ3v) is 6.17. The number of piperidine rings is 1. The highest BCUT2D eigenvalue weighted by Gasteiger charge is 2.37. The van der Waals surface area contributed by atoms with Crippen LogP contribution in [-0.4, -0.2) is 54.3 Å². The van der Waals surface area contributed by atoms with Gasteiger partial charge < -0.3 is 15.1 Å². The fraction of sp³-hybridized carbons (Fsp3) is 0.652. The first kappa shape index (κ1) is 20.8. The summed E-state index contributed by atoms with van der Waals surface area (Å²) >= 11 is 0. The second kappa shape index (κ2) is 9.55. The van der Waals surface area contributed by atoms with Crippen LogP contribution in [0.5, 0.6) is 0 Å². The molecular weight excluding hydrogens is 350 g/mol. The molecule has 0 aliphatic carbocycles. The van der Waals surface area contributed by atoms with Crippen molar-refractivity contribution in [3.63, 3.8) is 0 Å². The SMILES string of the molecule is CNCCC1CCN(C(=O)C2Cc3ccccc3CN2C(=O)CC(C)C)CC1. The number of amides is 2. The zero-order valence-corrected chi connectivity index (χ0v) is 17.6. The standard InChI is InChI=1S/C23H35N3O2/c1-17(2)14-22(27)26-16-20-7-5-4-6-19(20)15-21(26)23(28)25-12-9-18(10-13-25)8-11-24-3/h4-7,17-18,21,24H,8-16H2,1-3H3. The Morgan fingerprint density at radius 3 is 2.46 bits per heavy atom. The van der Waals surface area contributed by atoms with E-state index in [-0.39, 0.29) is 17.9 Å². The maximum absolute atomic E-state index is 13.4. The number of nitrogens with one attached hydrogen (secondary N) is 1. The first-order valence-electron chi connectivity index (χ1n) is 10.8. The average molecular weight is 386 g/mol. The number of likely N-dealkylation sites (tertiary alicyclic amines) is 1. The van der Waals surface area contributed by atoms with Crippen LogP contribution in [0.1, 0.15) is 50.7 Å². The van der Waals surface area contributed by atoms with E-state index in [4.69, 9.17) is 0 Å². The van der Waals surface area contributed by atoms with E-state index in [0.29, 0.717) is 31.2 Å². The van der Waals surface area contributed by atoms with E-state index in [1.807, 2.05) is 29.0 Å². The van der Waals surface area contributed by atoms with Crippen LogP contribution in [0.25, 0.3) is 0 Å². The van der Waals surface area contributed by atoms with Gasteiger partial charge in [-0.25, -0.2) is 0 Å². The second-order valence-corrected chi connectivity index (χ2v) is 8.77. The first-order chi connectivity index (χ1) is 13.5. The molecule has 1 unspecified atom stereocenters. The van der Waals surface area contributed by atoms with Crippen LogP contribution in [0.15, 0.2) is 24.3 Å². The van der Waals surface area contributed by atoms with Gasteiger partial charge in [0, 0.05) is 32.5 Å². The number of benzene rings is 1. The lowest BCUT2D eigenvalue weighted by Crippen LogP contribution is -2.55. The Hall–Kier alpha value is -1.88. The summed E-state index contributed by atoms with van der Waals surface area (Å²) in [6.07, 6.45) is 4.44. The molecule has 1 aromatic carbocycles. The van der Waals surface area contributed by atoms with Crippen molar-refractivity contribution >= 4 is 11.8 Å². The first-order valence-corrected chi connectivity index (χ1v) is 10.8. The minimum atomic E-state index is -0.352. The fourth-order valence-corrected chi connectivity index (χ4v) is 4.47. The Morgan fingerprint density at radius 2 is 1.82 bits per heavy atom. The van der Waals surface area contributed by atoms with E-state index >= 15 is 0 Å². The van der Waals surface area contributed by atoms with Crippen molar-refractivity contribution in [3.05, 3.63) is 35.4 Å². The predicted molar refractivity (Wildman–Crippen MR) is 112 cm³/mol. The van der Waals surface area contributed by atoms with Crippen molar-refractivity contribution in [3.8, 4) is 0 Å². The molecule has 2 amide bonds. The van der Waals surface area contributed by atoms with Crippen LogP contribution >= 0.6 is 0 Å². The molecule has 0 bridgehead atoms. The van der Waals surface area contributed by atoms with Gasteiger partial charge in [-0.3, -0.25) is 9.59 Å². The molecule has 1 aromatic rings. The topological polar surface area (TPSA) is 52.7 Å². The van der Waals surface area contributed by atoms with Gasteiger partial charge in [0.2, 0.25) is 11.8 Å². The summed E-state index contributed by atoms with van der Waals surface area (Å²) in [7, 11) is 1.99. The molecule has 5 heteroatoms. The molecule has 0 saturated carbocycles. The van der Waals surface area contributed by atoms with Gasteiger partial charge in [-0.1, -0.05) is 38.1 Å². The van der Waals surface area contributed by atoms with Gasteiger partial charge in [-0.15, -0.1) is 0 Å². The molecule has 1 atom stereocenters. The number of carbonyl (C=O) groups excluding carboxylic acids is 2. The number of hydrogen-bond donors (Lipinski definition) is 1. The molecule has 5 nitrogen and oxygen atoms in total. The highest BCUT2D eigenvalue weighted by atomic mass is 16.2. The quantitative estimate of drug-likeness (QED) is 0.819. The predicted octanol–water partition coefficient (Wildman–Crippen LogP) is 2.83. The van der Waals surface area contributed by atoms with Crippen LogP contribution in [0.3, 0.4) is 0 Å². The molecule has 1 saturated heterocycles. The molecule has 1 N–H and O–H groups in total. The maximum atomic E-state index is 13.4. The van der Waals surface area contributed by atoms with Crippen LogP contribution in [0.2, 0.25) is 0 Å². The lowest BCUT2D eigenvalue weighted by molar-refractivity contribution is -0.148. The summed E-state index contributed by atoms with van der Waals surface area (Å²) in [5, 5.41) is 3.22. The minimum Gasteiger partial charge on any atom is -0.341 e. The Bertz CT molecular complexity index is 680. The average Bonchev–Trinajstić information content (AvgIpc) is 2.70. The summed E-state index contributed by atoms with van der Waals surface area (Å²) in [6.45, 7) is 7.34. The van der Waals surface area contributed by atoms with E-state index in [9.17, 15) is 9.59 Å². The molecule has 3 rings (SSSR count). The molecule has 154 valence electrons. The van der Waals surface area contributed by atoms with Gasteiger partial charge in [-0.2, -0.15) is 0 Å². The van der Waals surface area contributed by atoms with Crippen molar-refractivity contribution in [2.45, 2.75) is 58.5 Å². The lowest BCUT2D eigenvalue weighted by Gasteiger charge is -2.41. The normalized spacial score (nSPS) is 20.4. The van der Waals surface area contributed by atoms with Crippen LogP contribution < -0.4 is 5.32 Å². The highest BCUT2D eigenvalue weighted by Crippen LogP contribution is 2.28. The summed E-state index contributed by atoms with van der Waals surface area (Å²) in [5.41, 5.74) is 2.38. The number of fused-ring (bicyclic) bond motifs is 1. The van der Waals surface area contributed by atoms with E-state index in [0.717, 1.165) is 32.5 Å². The van der Waals surface area contributed by atoms with Crippen molar-refractivity contribution in [2.75, 3.05) is 26.7 Å². The van der Waals surface area contributed by atoms with Crippen molar-refractivity contribution < 1.29 is 9.59 Å². The second-order valence-electron chi connectivity index (χ2n) is 8.77. The van der Waals surface area contributed by atoms with Gasteiger partial charge in [0.15, 0.2) is 0 Å². The molecule has 0 spiro atoms. The third kappa shape index (κ3) is 4.93. The number of nitrogens with zero attached hydrogens (tertiary/aromatic N) is 2. The Labute approximate surface area is 169 Å². The molecule has 28 heavy (non-hydrogen) atoms. The number of rotatable bonds is 6. The summed E-state index contributed by atoms with van der Waals surface area (Å²) in [4.78, 5) is 30.2. The number of carbonyl (C=O) groups is 2. The monoisotopic (exact) mass is 385 g/mol.